The number of hydrogen-bond donors (Lipinski definition) is 2. The SMILES string of the molecule is CCC1CCC(C)N1S(=O)(=O)c1c[nH]c(CO)c1. The van der Waals surface area contributed by atoms with Crippen LogP contribution in [-0.4, -0.2) is 34.9 Å². The second-order valence-corrected chi connectivity index (χ2v) is 6.69. The van der Waals surface area contributed by atoms with E-state index in [4.69, 9.17) is 5.11 Å². The van der Waals surface area contributed by atoms with Crippen LogP contribution in [0.25, 0.3) is 0 Å². The van der Waals surface area contributed by atoms with Gasteiger partial charge in [-0.05, 0) is 32.3 Å². The van der Waals surface area contributed by atoms with Gasteiger partial charge in [0.25, 0.3) is 0 Å². The Hall–Kier alpha value is -0.850. The van der Waals surface area contributed by atoms with Gasteiger partial charge in [0.05, 0.1) is 11.5 Å². The molecule has 1 aromatic heterocycles. The number of aliphatic hydroxyl groups is 1. The lowest BCUT2D eigenvalue weighted by Gasteiger charge is -2.26. The van der Waals surface area contributed by atoms with Crippen LogP contribution in [0.1, 0.15) is 38.8 Å². The van der Waals surface area contributed by atoms with E-state index in [0.717, 1.165) is 19.3 Å². The van der Waals surface area contributed by atoms with E-state index in [1.165, 1.54) is 12.3 Å². The van der Waals surface area contributed by atoms with Crippen molar-refractivity contribution in [1.29, 1.82) is 0 Å². The summed E-state index contributed by atoms with van der Waals surface area (Å²) in [5.41, 5.74) is 0.522. The van der Waals surface area contributed by atoms with E-state index in [1.54, 1.807) is 4.31 Å². The van der Waals surface area contributed by atoms with E-state index >= 15 is 0 Å². The first-order chi connectivity index (χ1) is 8.50. The molecule has 2 heterocycles. The Morgan fingerprint density at radius 2 is 2.22 bits per heavy atom. The number of nitrogens with one attached hydrogen (secondary N) is 1. The van der Waals surface area contributed by atoms with Crippen LogP contribution in [0.5, 0.6) is 0 Å². The number of aliphatic hydroxyl groups excluding tert-OH is 1. The van der Waals surface area contributed by atoms with Gasteiger partial charge in [-0.25, -0.2) is 8.42 Å². The van der Waals surface area contributed by atoms with Gasteiger partial charge in [-0.1, -0.05) is 6.92 Å². The molecule has 18 heavy (non-hydrogen) atoms. The van der Waals surface area contributed by atoms with Gasteiger partial charge in [0.15, 0.2) is 0 Å². The summed E-state index contributed by atoms with van der Waals surface area (Å²) in [7, 11) is -3.45. The second-order valence-electron chi connectivity index (χ2n) is 4.84. The monoisotopic (exact) mass is 272 g/mol. The number of aromatic amines is 1. The highest BCUT2D eigenvalue weighted by Crippen LogP contribution is 2.32. The number of hydrogen-bond acceptors (Lipinski definition) is 3. The molecule has 1 fully saturated rings. The van der Waals surface area contributed by atoms with Crippen molar-refractivity contribution >= 4 is 10.0 Å². The Bertz CT molecular complexity index is 509. The topological polar surface area (TPSA) is 73.4 Å². The molecule has 1 aliphatic heterocycles. The average Bonchev–Trinajstić information content (AvgIpc) is 2.95. The Balaban J connectivity index is 2.35. The number of nitrogens with zero attached hydrogens (tertiary/aromatic N) is 1. The maximum absolute atomic E-state index is 12.6. The molecule has 0 bridgehead atoms. The quantitative estimate of drug-likeness (QED) is 0.871. The Morgan fingerprint density at radius 1 is 1.50 bits per heavy atom. The van der Waals surface area contributed by atoms with E-state index in [0.29, 0.717) is 5.69 Å². The first kappa shape index (κ1) is 13.6. The van der Waals surface area contributed by atoms with E-state index in [2.05, 4.69) is 4.98 Å². The zero-order valence-corrected chi connectivity index (χ0v) is 11.6. The van der Waals surface area contributed by atoms with Gasteiger partial charge in [0, 0.05) is 24.0 Å². The summed E-state index contributed by atoms with van der Waals surface area (Å²) < 4.78 is 26.8. The van der Waals surface area contributed by atoms with Crippen molar-refractivity contribution < 1.29 is 13.5 Å². The number of aromatic nitrogens is 1. The van der Waals surface area contributed by atoms with Crippen LogP contribution in [0.2, 0.25) is 0 Å². The molecule has 102 valence electrons. The number of sulfonamides is 1. The van der Waals surface area contributed by atoms with Gasteiger partial charge < -0.3 is 10.1 Å². The van der Waals surface area contributed by atoms with Crippen molar-refractivity contribution in [2.24, 2.45) is 0 Å². The fraction of sp³-hybridized carbons (Fsp3) is 0.667. The van der Waals surface area contributed by atoms with Crippen LogP contribution >= 0.6 is 0 Å². The highest BCUT2D eigenvalue weighted by atomic mass is 32.2. The fourth-order valence-corrected chi connectivity index (χ4v) is 4.61. The lowest BCUT2D eigenvalue weighted by molar-refractivity contribution is 0.277. The molecule has 0 saturated carbocycles. The molecule has 2 unspecified atom stereocenters. The molecule has 0 spiro atoms. The summed E-state index contributed by atoms with van der Waals surface area (Å²) in [6, 6.07) is 1.65. The standard InChI is InChI=1S/C12H20N2O3S/c1-3-11-5-4-9(2)14(11)18(16,17)12-6-10(8-15)13-7-12/h6-7,9,11,13,15H,3-5,8H2,1-2H3. The summed E-state index contributed by atoms with van der Waals surface area (Å²) in [5.74, 6) is 0. The Kier molecular flexibility index (Phi) is 3.79. The van der Waals surface area contributed by atoms with Crippen LogP contribution < -0.4 is 0 Å². The number of H-pyrrole nitrogens is 1. The predicted octanol–water partition coefficient (Wildman–Crippen LogP) is 1.46. The third kappa shape index (κ3) is 2.20. The van der Waals surface area contributed by atoms with E-state index in [1.807, 2.05) is 13.8 Å². The molecular formula is C12H20N2O3S. The zero-order valence-electron chi connectivity index (χ0n) is 10.8. The molecule has 2 atom stereocenters. The molecule has 6 heteroatoms. The molecule has 0 aliphatic carbocycles. The lowest BCUT2D eigenvalue weighted by Crippen LogP contribution is -2.39. The molecular weight excluding hydrogens is 252 g/mol. The highest BCUT2D eigenvalue weighted by molar-refractivity contribution is 7.89. The molecule has 2 rings (SSSR count). The first-order valence-corrected chi connectivity index (χ1v) is 7.76. The highest BCUT2D eigenvalue weighted by Gasteiger charge is 2.39. The molecule has 5 nitrogen and oxygen atoms in total. The molecule has 1 aromatic rings. The van der Waals surface area contributed by atoms with Crippen LogP contribution in [0.3, 0.4) is 0 Å². The minimum absolute atomic E-state index is 0.0485. The Labute approximate surface area is 108 Å². The smallest absolute Gasteiger partial charge is 0.245 e. The van der Waals surface area contributed by atoms with Gasteiger partial charge >= 0.3 is 0 Å². The van der Waals surface area contributed by atoms with E-state index in [-0.39, 0.29) is 23.6 Å². The lowest BCUT2D eigenvalue weighted by atomic mass is 10.2. The Morgan fingerprint density at radius 3 is 2.78 bits per heavy atom. The summed E-state index contributed by atoms with van der Waals surface area (Å²) in [6.07, 6.45) is 4.13. The molecule has 0 radical (unpaired) electrons. The van der Waals surface area contributed by atoms with Crippen molar-refractivity contribution in [1.82, 2.24) is 9.29 Å². The van der Waals surface area contributed by atoms with E-state index in [9.17, 15) is 8.42 Å². The summed E-state index contributed by atoms with van der Waals surface area (Å²) >= 11 is 0. The number of rotatable bonds is 4. The maximum Gasteiger partial charge on any atom is 0.245 e. The van der Waals surface area contributed by atoms with Gasteiger partial charge in [-0.3, -0.25) is 0 Å². The van der Waals surface area contributed by atoms with Gasteiger partial charge in [-0.2, -0.15) is 4.31 Å². The van der Waals surface area contributed by atoms with Crippen LogP contribution in [0, 0.1) is 0 Å². The first-order valence-electron chi connectivity index (χ1n) is 6.32. The molecule has 1 saturated heterocycles. The predicted molar refractivity (Wildman–Crippen MR) is 68.5 cm³/mol. The third-order valence-electron chi connectivity index (χ3n) is 3.65. The van der Waals surface area contributed by atoms with Gasteiger partial charge in [0.1, 0.15) is 0 Å². The van der Waals surface area contributed by atoms with Crippen molar-refractivity contribution in [3.8, 4) is 0 Å². The van der Waals surface area contributed by atoms with Gasteiger partial charge in [0.2, 0.25) is 10.0 Å². The van der Waals surface area contributed by atoms with E-state index < -0.39 is 10.0 Å². The average molecular weight is 272 g/mol. The minimum Gasteiger partial charge on any atom is -0.390 e. The van der Waals surface area contributed by atoms with Gasteiger partial charge in [-0.15, -0.1) is 0 Å². The largest absolute Gasteiger partial charge is 0.390 e. The van der Waals surface area contributed by atoms with Crippen LogP contribution in [-0.2, 0) is 16.6 Å². The van der Waals surface area contributed by atoms with Crippen LogP contribution in [0.4, 0.5) is 0 Å². The van der Waals surface area contributed by atoms with Crippen molar-refractivity contribution in [2.45, 2.75) is 56.7 Å². The maximum atomic E-state index is 12.6. The second kappa shape index (κ2) is 5.03. The van der Waals surface area contributed by atoms with Crippen molar-refractivity contribution in [2.75, 3.05) is 0 Å². The normalized spacial score (nSPS) is 25.7. The molecule has 0 aromatic carbocycles. The van der Waals surface area contributed by atoms with Crippen LogP contribution in [0.15, 0.2) is 17.2 Å². The molecule has 1 aliphatic rings. The van der Waals surface area contributed by atoms with Crippen molar-refractivity contribution in [3.63, 3.8) is 0 Å². The molecule has 0 amide bonds. The molecule has 2 N–H and O–H groups in total. The third-order valence-corrected chi connectivity index (χ3v) is 5.69. The minimum atomic E-state index is -3.45. The van der Waals surface area contributed by atoms with Crippen molar-refractivity contribution in [3.05, 3.63) is 18.0 Å². The zero-order chi connectivity index (χ0) is 13.3. The summed E-state index contributed by atoms with van der Waals surface area (Å²) in [5, 5.41) is 8.99. The fourth-order valence-electron chi connectivity index (χ4n) is 2.65. The summed E-state index contributed by atoms with van der Waals surface area (Å²) in [6.45, 7) is 3.79. The summed E-state index contributed by atoms with van der Waals surface area (Å²) in [4.78, 5) is 3.03.